The Hall–Kier alpha value is -0.870. The van der Waals surface area contributed by atoms with E-state index in [9.17, 15) is 4.79 Å². The van der Waals surface area contributed by atoms with Gasteiger partial charge in [-0.15, -0.1) is 11.3 Å². The zero-order chi connectivity index (χ0) is 11.7. The minimum Gasteiger partial charge on any atom is -0.341 e. The second kappa shape index (κ2) is 4.78. The third kappa shape index (κ3) is 2.11. The SMILES string of the molecule is O=C(C1NCCc2sccc21)N1CCCCC1. The van der Waals surface area contributed by atoms with Crippen LogP contribution in [0.1, 0.15) is 35.7 Å². The fourth-order valence-electron chi connectivity index (χ4n) is 2.77. The number of thiophene rings is 1. The lowest BCUT2D eigenvalue weighted by molar-refractivity contribution is -0.134. The van der Waals surface area contributed by atoms with Gasteiger partial charge in [-0.1, -0.05) is 0 Å². The second-order valence-corrected chi connectivity index (χ2v) is 5.82. The first-order valence-corrected chi connectivity index (χ1v) is 7.32. The number of carbonyl (C=O) groups excluding carboxylic acids is 1. The molecule has 17 heavy (non-hydrogen) atoms. The van der Waals surface area contributed by atoms with Gasteiger partial charge in [0.25, 0.3) is 0 Å². The van der Waals surface area contributed by atoms with Crippen molar-refractivity contribution in [2.75, 3.05) is 19.6 Å². The van der Waals surface area contributed by atoms with Crippen LogP contribution in [0.4, 0.5) is 0 Å². The van der Waals surface area contributed by atoms with Crippen LogP contribution in [0.2, 0.25) is 0 Å². The quantitative estimate of drug-likeness (QED) is 0.826. The summed E-state index contributed by atoms with van der Waals surface area (Å²) in [5.41, 5.74) is 1.22. The van der Waals surface area contributed by atoms with Gasteiger partial charge in [0.15, 0.2) is 0 Å². The van der Waals surface area contributed by atoms with Crippen LogP contribution < -0.4 is 5.32 Å². The van der Waals surface area contributed by atoms with Gasteiger partial charge in [-0.05, 0) is 42.7 Å². The number of hydrogen-bond acceptors (Lipinski definition) is 3. The molecule has 0 aliphatic carbocycles. The minimum atomic E-state index is -0.0805. The number of fused-ring (bicyclic) bond motifs is 1. The van der Waals surface area contributed by atoms with Gasteiger partial charge in [-0.3, -0.25) is 4.79 Å². The fourth-order valence-corrected chi connectivity index (χ4v) is 3.69. The van der Waals surface area contributed by atoms with Crippen molar-refractivity contribution in [1.29, 1.82) is 0 Å². The van der Waals surface area contributed by atoms with Crippen LogP contribution in [0.3, 0.4) is 0 Å². The number of piperidine rings is 1. The smallest absolute Gasteiger partial charge is 0.244 e. The molecule has 2 aliphatic heterocycles. The summed E-state index contributed by atoms with van der Waals surface area (Å²) in [6, 6.07) is 2.03. The minimum absolute atomic E-state index is 0.0805. The Labute approximate surface area is 106 Å². The highest BCUT2D eigenvalue weighted by molar-refractivity contribution is 7.10. The molecule has 3 nitrogen and oxygen atoms in total. The average molecular weight is 250 g/mol. The molecule has 1 aromatic rings. The molecule has 1 saturated heterocycles. The summed E-state index contributed by atoms with van der Waals surface area (Å²) in [4.78, 5) is 15.9. The summed E-state index contributed by atoms with van der Waals surface area (Å²) in [5, 5.41) is 5.48. The van der Waals surface area contributed by atoms with E-state index >= 15 is 0 Å². The summed E-state index contributed by atoms with van der Waals surface area (Å²) in [7, 11) is 0. The lowest BCUT2D eigenvalue weighted by Crippen LogP contribution is -2.45. The number of nitrogens with one attached hydrogen (secondary N) is 1. The third-order valence-electron chi connectivity index (χ3n) is 3.71. The number of rotatable bonds is 1. The third-order valence-corrected chi connectivity index (χ3v) is 4.70. The Bertz CT molecular complexity index is 409. The Kier molecular flexibility index (Phi) is 3.16. The van der Waals surface area contributed by atoms with E-state index in [-0.39, 0.29) is 11.9 Å². The summed E-state index contributed by atoms with van der Waals surface area (Å²) in [6.07, 6.45) is 4.66. The van der Waals surface area contributed by atoms with Crippen LogP contribution in [0, 0.1) is 0 Å². The highest BCUT2D eigenvalue weighted by Gasteiger charge is 2.30. The molecule has 1 unspecified atom stereocenters. The monoisotopic (exact) mass is 250 g/mol. The standard InChI is InChI=1S/C13H18N2OS/c16-13(15-7-2-1-3-8-15)12-10-5-9-17-11(10)4-6-14-12/h5,9,12,14H,1-4,6-8H2. The van der Waals surface area contributed by atoms with E-state index in [2.05, 4.69) is 16.8 Å². The molecule has 0 spiro atoms. The summed E-state index contributed by atoms with van der Waals surface area (Å²) >= 11 is 1.78. The van der Waals surface area contributed by atoms with Crippen LogP contribution in [0.15, 0.2) is 11.4 Å². The molecule has 3 rings (SSSR count). The Morgan fingerprint density at radius 2 is 2.18 bits per heavy atom. The molecule has 2 aliphatic rings. The summed E-state index contributed by atoms with van der Waals surface area (Å²) < 4.78 is 0. The van der Waals surface area contributed by atoms with Crippen molar-refractivity contribution >= 4 is 17.2 Å². The first kappa shape index (κ1) is 11.2. The molecule has 0 radical (unpaired) electrons. The maximum Gasteiger partial charge on any atom is 0.244 e. The molecule has 1 fully saturated rings. The lowest BCUT2D eigenvalue weighted by Gasteiger charge is -2.32. The van der Waals surface area contributed by atoms with Crippen molar-refractivity contribution in [3.8, 4) is 0 Å². The van der Waals surface area contributed by atoms with E-state index in [1.54, 1.807) is 11.3 Å². The second-order valence-electron chi connectivity index (χ2n) is 4.82. The first-order valence-electron chi connectivity index (χ1n) is 6.45. The van der Waals surface area contributed by atoms with Gasteiger partial charge in [0.2, 0.25) is 5.91 Å². The van der Waals surface area contributed by atoms with Crippen molar-refractivity contribution in [2.24, 2.45) is 0 Å². The van der Waals surface area contributed by atoms with Gasteiger partial charge < -0.3 is 10.2 Å². The van der Waals surface area contributed by atoms with Crippen molar-refractivity contribution in [3.05, 3.63) is 21.9 Å². The maximum absolute atomic E-state index is 12.5. The van der Waals surface area contributed by atoms with Gasteiger partial charge in [0.1, 0.15) is 6.04 Å². The van der Waals surface area contributed by atoms with Crippen molar-refractivity contribution in [3.63, 3.8) is 0 Å². The molecule has 3 heterocycles. The lowest BCUT2D eigenvalue weighted by atomic mass is 10.00. The molecular formula is C13H18N2OS. The normalized spacial score (nSPS) is 24.5. The molecule has 92 valence electrons. The Morgan fingerprint density at radius 3 is 3.00 bits per heavy atom. The average Bonchev–Trinajstić information content (AvgIpc) is 2.87. The van der Waals surface area contributed by atoms with E-state index in [1.165, 1.54) is 16.9 Å². The van der Waals surface area contributed by atoms with Gasteiger partial charge in [-0.2, -0.15) is 0 Å². The van der Waals surface area contributed by atoms with Gasteiger partial charge in [0, 0.05) is 24.5 Å². The first-order chi connectivity index (χ1) is 8.36. The molecular weight excluding hydrogens is 232 g/mol. The van der Waals surface area contributed by atoms with Crippen LogP contribution in [0.5, 0.6) is 0 Å². The molecule has 1 aromatic heterocycles. The van der Waals surface area contributed by atoms with E-state index < -0.39 is 0 Å². The summed E-state index contributed by atoms with van der Waals surface area (Å²) in [5.74, 6) is 0.282. The van der Waals surface area contributed by atoms with Crippen molar-refractivity contribution < 1.29 is 4.79 Å². The maximum atomic E-state index is 12.5. The molecule has 0 aromatic carbocycles. The topological polar surface area (TPSA) is 32.3 Å². The zero-order valence-corrected chi connectivity index (χ0v) is 10.8. The van der Waals surface area contributed by atoms with Gasteiger partial charge in [0.05, 0.1) is 0 Å². The fraction of sp³-hybridized carbons (Fsp3) is 0.615. The molecule has 0 saturated carbocycles. The number of hydrogen-bond donors (Lipinski definition) is 1. The van der Waals surface area contributed by atoms with Gasteiger partial charge in [-0.25, -0.2) is 0 Å². The number of carbonyl (C=O) groups is 1. The molecule has 1 atom stereocenters. The number of amides is 1. The Morgan fingerprint density at radius 1 is 1.35 bits per heavy atom. The zero-order valence-electron chi connectivity index (χ0n) is 9.95. The predicted molar refractivity (Wildman–Crippen MR) is 69.2 cm³/mol. The Balaban J connectivity index is 1.79. The van der Waals surface area contributed by atoms with Crippen LogP contribution in [0.25, 0.3) is 0 Å². The number of likely N-dealkylation sites (tertiary alicyclic amines) is 1. The van der Waals surface area contributed by atoms with E-state index in [0.29, 0.717) is 0 Å². The van der Waals surface area contributed by atoms with E-state index in [1.807, 2.05) is 4.90 Å². The van der Waals surface area contributed by atoms with Crippen LogP contribution >= 0.6 is 11.3 Å². The summed E-state index contributed by atoms with van der Waals surface area (Å²) in [6.45, 7) is 2.81. The number of nitrogens with zero attached hydrogens (tertiary/aromatic N) is 1. The van der Waals surface area contributed by atoms with E-state index in [4.69, 9.17) is 0 Å². The largest absolute Gasteiger partial charge is 0.341 e. The van der Waals surface area contributed by atoms with Gasteiger partial charge >= 0.3 is 0 Å². The van der Waals surface area contributed by atoms with Crippen LogP contribution in [-0.2, 0) is 11.2 Å². The molecule has 0 bridgehead atoms. The van der Waals surface area contributed by atoms with Crippen molar-refractivity contribution in [1.82, 2.24) is 10.2 Å². The highest BCUT2D eigenvalue weighted by atomic mass is 32.1. The molecule has 4 heteroatoms. The molecule has 1 amide bonds. The molecule has 1 N–H and O–H groups in total. The van der Waals surface area contributed by atoms with Crippen molar-refractivity contribution in [2.45, 2.75) is 31.7 Å². The van der Waals surface area contributed by atoms with E-state index in [0.717, 1.165) is 38.9 Å². The highest BCUT2D eigenvalue weighted by Crippen LogP contribution is 2.29. The predicted octanol–water partition coefficient (Wildman–Crippen LogP) is 1.95. The van der Waals surface area contributed by atoms with Crippen LogP contribution in [-0.4, -0.2) is 30.4 Å².